The zero-order valence-electron chi connectivity index (χ0n) is 7.47. The van der Waals surface area contributed by atoms with Crippen LogP contribution in [0.25, 0.3) is 0 Å². The van der Waals surface area contributed by atoms with Gasteiger partial charge in [-0.3, -0.25) is 0 Å². The van der Waals surface area contributed by atoms with Crippen LogP contribution in [-0.2, 0) is 4.57 Å². The molecular weight excluding hydrogens is 155 g/mol. The van der Waals surface area contributed by atoms with Gasteiger partial charge in [-0.2, -0.15) is 0 Å². The second kappa shape index (κ2) is 3.58. The van der Waals surface area contributed by atoms with Gasteiger partial charge in [-0.15, -0.1) is 0 Å². The van der Waals surface area contributed by atoms with Crippen LogP contribution in [-0.4, -0.2) is 12.3 Å². The second-order valence-electron chi connectivity index (χ2n) is 3.48. The molecule has 0 aromatic carbocycles. The molecule has 1 atom stereocenters. The van der Waals surface area contributed by atoms with Crippen molar-refractivity contribution < 1.29 is 4.57 Å². The third-order valence-electron chi connectivity index (χ3n) is 2.23. The summed E-state index contributed by atoms with van der Waals surface area (Å²) >= 11 is 0. The second-order valence-corrected chi connectivity index (χ2v) is 6.54. The van der Waals surface area contributed by atoms with Gasteiger partial charge in [0.05, 0.1) is 0 Å². The summed E-state index contributed by atoms with van der Waals surface area (Å²) in [4.78, 5) is 0. The minimum atomic E-state index is -1.80. The summed E-state index contributed by atoms with van der Waals surface area (Å²) in [6.45, 7) is 4.24. The van der Waals surface area contributed by atoms with Gasteiger partial charge in [-0.05, 0) is 25.6 Å². The Labute approximate surface area is 69.3 Å². The SMILES string of the molecule is CCCCP1(=O)C=C(C)CC1. The Morgan fingerprint density at radius 3 is 2.82 bits per heavy atom. The molecule has 1 unspecified atom stereocenters. The number of hydrogen-bond donors (Lipinski definition) is 0. The van der Waals surface area contributed by atoms with Gasteiger partial charge in [0, 0.05) is 12.3 Å². The lowest BCUT2D eigenvalue weighted by molar-refractivity contribution is 0.579. The lowest BCUT2D eigenvalue weighted by atomic mass is 10.3. The van der Waals surface area contributed by atoms with E-state index in [1.54, 1.807) is 0 Å². The average molecular weight is 172 g/mol. The molecule has 1 heterocycles. The summed E-state index contributed by atoms with van der Waals surface area (Å²) in [5.74, 6) is 2.04. The molecule has 0 saturated carbocycles. The van der Waals surface area contributed by atoms with Crippen LogP contribution in [0, 0.1) is 0 Å². The Morgan fingerprint density at radius 2 is 2.36 bits per heavy atom. The quantitative estimate of drug-likeness (QED) is 0.596. The number of allylic oxidation sites excluding steroid dienone is 1. The standard InChI is InChI=1S/C9H17OP/c1-3-4-6-11(10)7-5-9(2)8-11/h8H,3-7H2,1-2H3. The fraction of sp³-hybridized carbons (Fsp3) is 0.778. The Bertz CT molecular complexity index is 206. The summed E-state index contributed by atoms with van der Waals surface area (Å²) in [7, 11) is -1.80. The van der Waals surface area contributed by atoms with E-state index in [4.69, 9.17) is 0 Å². The molecule has 0 spiro atoms. The van der Waals surface area contributed by atoms with Gasteiger partial charge < -0.3 is 4.57 Å². The van der Waals surface area contributed by atoms with E-state index in [-0.39, 0.29) is 0 Å². The first-order chi connectivity index (χ1) is 5.16. The van der Waals surface area contributed by atoms with Gasteiger partial charge in [0.25, 0.3) is 0 Å². The summed E-state index contributed by atoms with van der Waals surface area (Å²) in [6, 6.07) is 0. The average Bonchev–Trinajstić information content (AvgIpc) is 2.28. The summed E-state index contributed by atoms with van der Waals surface area (Å²) in [6.07, 6.45) is 5.25. The van der Waals surface area contributed by atoms with Gasteiger partial charge in [0.15, 0.2) is 0 Å². The first kappa shape index (κ1) is 9.06. The Balaban J connectivity index is 2.49. The largest absolute Gasteiger partial charge is 0.319 e. The van der Waals surface area contributed by atoms with Crippen LogP contribution < -0.4 is 0 Å². The topological polar surface area (TPSA) is 17.1 Å². The van der Waals surface area contributed by atoms with Crippen LogP contribution in [0.1, 0.15) is 33.1 Å². The zero-order chi connectivity index (χ0) is 8.32. The summed E-state index contributed by atoms with van der Waals surface area (Å²) in [5.41, 5.74) is 1.34. The fourth-order valence-electron chi connectivity index (χ4n) is 1.50. The predicted octanol–water partition coefficient (Wildman–Crippen LogP) is 3.46. The molecule has 0 aliphatic carbocycles. The van der Waals surface area contributed by atoms with Crippen LogP contribution in [0.5, 0.6) is 0 Å². The lowest BCUT2D eigenvalue weighted by Gasteiger charge is -2.06. The van der Waals surface area contributed by atoms with E-state index < -0.39 is 7.14 Å². The van der Waals surface area contributed by atoms with Crippen molar-refractivity contribution in [1.82, 2.24) is 0 Å². The minimum Gasteiger partial charge on any atom is -0.319 e. The molecule has 1 aliphatic heterocycles. The van der Waals surface area contributed by atoms with Gasteiger partial charge in [0.1, 0.15) is 7.14 Å². The monoisotopic (exact) mass is 172 g/mol. The van der Waals surface area contributed by atoms with Crippen LogP contribution in [0.2, 0.25) is 0 Å². The molecular formula is C9H17OP. The van der Waals surface area contributed by atoms with Crippen molar-refractivity contribution in [3.8, 4) is 0 Å². The molecule has 0 saturated heterocycles. The van der Waals surface area contributed by atoms with Gasteiger partial charge in [-0.25, -0.2) is 0 Å². The highest BCUT2D eigenvalue weighted by Crippen LogP contribution is 2.54. The molecule has 64 valence electrons. The van der Waals surface area contributed by atoms with Gasteiger partial charge in [-0.1, -0.05) is 18.9 Å². The molecule has 0 aromatic rings. The molecule has 0 bridgehead atoms. The first-order valence-electron chi connectivity index (χ1n) is 4.42. The Kier molecular flexibility index (Phi) is 2.95. The third-order valence-corrected chi connectivity index (χ3v) is 5.20. The molecule has 0 radical (unpaired) electrons. The van der Waals surface area contributed by atoms with E-state index in [1.165, 1.54) is 5.57 Å². The van der Waals surface area contributed by atoms with E-state index >= 15 is 0 Å². The summed E-state index contributed by atoms with van der Waals surface area (Å²) in [5, 5.41) is 0. The molecule has 11 heavy (non-hydrogen) atoms. The third kappa shape index (κ3) is 2.48. The molecule has 1 rings (SSSR count). The van der Waals surface area contributed by atoms with Crippen LogP contribution in [0.4, 0.5) is 0 Å². The van der Waals surface area contributed by atoms with E-state index in [9.17, 15) is 4.57 Å². The highest BCUT2D eigenvalue weighted by Gasteiger charge is 2.23. The minimum absolute atomic E-state index is 0.943. The first-order valence-corrected chi connectivity index (χ1v) is 6.57. The van der Waals surface area contributed by atoms with Crippen molar-refractivity contribution in [2.24, 2.45) is 0 Å². The van der Waals surface area contributed by atoms with E-state index in [2.05, 4.69) is 13.8 Å². The number of rotatable bonds is 3. The number of hydrogen-bond acceptors (Lipinski definition) is 1. The van der Waals surface area contributed by atoms with Crippen molar-refractivity contribution >= 4 is 7.14 Å². The van der Waals surface area contributed by atoms with Crippen LogP contribution in [0.15, 0.2) is 11.4 Å². The van der Waals surface area contributed by atoms with E-state index in [0.717, 1.165) is 31.6 Å². The molecule has 0 amide bonds. The highest BCUT2D eigenvalue weighted by atomic mass is 31.2. The highest BCUT2D eigenvalue weighted by molar-refractivity contribution is 7.67. The maximum absolute atomic E-state index is 11.9. The zero-order valence-corrected chi connectivity index (χ0v) is 8.36. The van der Waals surface area contributed by atoms with Gasteiger partial charge in [0.2, 0.25) is 0 Å². The summed E-state index contributed by atoms with van der Waals surface area (Å²) < 4.78 is 11.9. The maximum atomic E-state index is 11.9. The molecule has 1 aliphatic rings. The molecule has 0 N–H and O–H groups in total. The van der Waals surface area contributed by atoms with Crippen molar-refractivity contribution in [2.45, 2.75) is 33.1 Å². The lowest BCUT2D eigenvalue weighted by Crippen LogP contribution is -1.87. The molecule has 0 aromatic heterocycles. The smallest absolute Gasteiger partial charge is 0.109 e. The van der Waals surface area contributed by atoms with E-state index in [1.807, 2.05) is 5.82 Å². The Morgan fingerprint density at radius 1 is 1.64 bits per heavy atom. The molecule has 2 heteroatoms. The molecule has 1 nitrogen and oxygen atoms in total. The fourth-order valence-corrected chi connectivity index (χ4v) is 4.50. The predicted molar refractivity (Wildman–Crippen MR) is 50.6 cm³/mol. The van der Waals surface area contributed by atoms with Crippen LogP contribution in [0.3, 0.4) is 0 Å². The van der Waals surface area contributed by atoms with Crippen molar-refractivity contribution in [3.05, 3.63) is 11.4 Å². The maximum Gasteiger partial charge on any atom is 0.109 e. The van der Waals surface area contributed by atoms with Crippen molar-refractivity contribution in [3.63, 3.8) is 0 Å². The molecule has 0 fully saturated rings. The van der Waals surface area contributed by atoms with Gasteiger partial charge >= 0.3 is 0 Å². The van der Waals surface area contributed by atoms with E-state index in [0.29, 0.717) is 0 Å². The normalized spacial score (nSPS) is 30.5. The van der Waals surface area contributed by atoms with Crippen molar-refractivity contribution in [1.29, 1.82) is 0 Å². The van der Waals surface area contributed by atoms with Crippen molar-refractivity contribution in [2.75, 3.05) is 12.3 Å². The van der Waals surface area contributed by atoms with Crippen LogP contribution >= 0.6 is 7.14 Å². The number of unbranched alkanes of at least 4 members (excludes halogenated alkanes) is 1. The Hall–Kier alpha value is -0.0300.